The number of halogens is 3. The van der Waals surface area contributed by atoms with Gasteiger partial charge in [-0.25, -0.2) is 8.42 Å². The fourth-order valence-electron chi connectivity index (χ4n) is 1.68. The first-order valence-corrected chi connectivity index (χ1v) is 9.83. The number of hydrogen-bond acceptors (Lipinski definition) is 3. The summed E-state index contributed by atoms with van der Waals surface area (Å²) in [5, 5.41) is 2.87. The van der Waals surface area contributed by atoms with E-state index in [-0.39, 0.29) is 15.5 Å². The molecule has 0 heterocycles. The van der Waals surface area contributed by atoms with E-state index in [9.17, 15) is 13.2 Å². The highest BCUT2D eigenvalue weighted by Crippen LogP contribution is 2.31. The zero-order valence-corrected chi connectivity index (χ0v) is 15.5. The van der Waals surface area contributed by atoms with Gasteiger partial charge in [0.25, 0.3) is 15.0 Å². The van der Waals surface area contributed by atoms with Gasteiger partial charge in [0.15, 0.2) is 0 Å². The molecule has 1 amide bonds. The number of amides is 1. The third-order valence-electron chi connectivity index (χ3n) is 2.77. The minimum absolute atomic E-state index is 0.0785. The van der Waals surface area contributed by atoms with Crippen LogP contribution in [-0.2, 0) is 9.05 Å². The molecule has 0 aliphatic carbocycles. The molecule has 1 rings (SSSR count). The molecule has 21 heavy (non-hydrogen) atoms. The van der Waals surface area contributed by atoms with Gasteiger partial charge in [-0.05, 0) is 46.8 Å². The molecule has 0 bridgehead atoms. The summed E-state index contributed by atoms with van der Waals surface area (Å²) in [6, 6.07) is 2.44. The summed E-state index contributed by atoms with van der Waals surface area (Å²) in [6.07, 6.45) is 1.84. The Morgan fingerprint density at radius 2 is 2.00 bits per heavy atom. The molecule has 0 atom stereocenters. The molecule has 1 aromatic carbocycles. The van der Waals surface area contributed by atoms with Crippen LogP contribution in [0.1, 0.15) is 37.0 Å². The summed E-state index contributed by atoms with van der Waals surface area (Å²) in [5.41, 5.74) is 0.0785. The Morgan fingerprint density at radius 3 is 2.52 bits per heavy atom. The molecule has 0 saturated heterocycles. The lowest BCUT2D eigenvalue weighted by Gasteiger charge is -2.10. The van der Waals surface area contributed by atoms with E-state index in [1.54, 1.807) is 0 Å². The molecular formula is C13H16BrCl2NO3S. The standard InChI is InChI=1S/C13H16BrCl2NO3S/c1-8(2)4-3-5-17-13(18)10-6-9(21(16,19)20)7-11(14)12(10)15/h6-8H,3-5H2,1-2H3,(H,17,18). The topological polar surface area (TPSA) is 63.2 Å². The summed E-state index contributed by atoms with van der Waals surface area (Å²) >= 11 is 9.15. The third kappa shape index (κ3) is 5.77. The summed E-state index contributed by atoms with van der Waals surface area (Å²) in [7, 11) is 1.37. The van der Waals surface area contributed by atoms with Gasteiger partial charge in [-0.2, -0.15) is 0 Å². The van der Waals surface area contributed by atoms with Crippen LogP contribution in [0.3, 0.4) is 0 Å². The van der Waals surface area contributed by atoms with Gasteiger partial charge >= 0.3 is 0 Å². The van der Waals surface area contributed by atoms with E-state index < -0.39 is 15.0 Å². The van der Waals surface area contributed by atoms with Crippen molar-refractivity contribution in [3.05, 3.63) is 27.2 Å². The van der Waals surface area contributed by atoms with E-state index in [0.717, 1.165) is 12.8 Å². The van der Waals surface area contributed by atoms with Crippen LogP contribution in [0, 0.1) is 5.92 Å². The predicted octanol–water partition coefficient (Wildman–Crippen LogP) is 4.20. The van der Waals surface area contributed by atoms with Crippen molar-refractivity contribution in [3.63, 3.8) is 0 Å². The molecule has 0 aliphatic rings. The molecule has 0 spiro atoms. The number of benzene rings is 1. The Balaban J connectivity index is 2.91. The number of nitrogens with one attached hydrogen (secondary N) is 1. The second-order valence-electron chi connectivity index (χ2n) is 5.00. The number of rotatable bonds is 6. The summed E-state index contributed by atoms with van der Waals surface area (Å²) in [5.74, 6) is 0.135. The first-order chi connectivity index (χ1) is 9.62. The number of carbonyl (C=O) groups excluding carboxylic acids is 1. The lowest BCUT2D eigenvalue weighted by Crippen LogP contribution is -2.25. The molecule has 0 radical (unpaired) electrons. The van der Waals surface area contributed by atoms with Crippen LogP contribution >= 0.6 is 38.2 Å². The second-order valence-corrected chi connectivity index (χ2v) is 8.79. The SMILES string of the molecule is CC(C)CCCNC(=O)c1cc(S(=O)(=O)Cl)cc(Br)c1Cl. The van der Waals surface area contributed by atoms with Gasteiger partial charge in [-0.1, -0.05) is 25.4 Å². The lowest BCUT2D eigenvalue weighted by molar-refractivity contribution is 0.0952. The monoisotopic (exact) mass is 415 g/mol. The van der Waals surface area contributed by atoms with Gasteiger partial charge in [-0.3, -0.25) is 4.79 Å². The molecule has 1 N–H and O–H groups in total. The average Bonchev–Trinajstić information content (AvgIpc) is 2.35. The Hall–Kier alpha value is -0.300. The molecule has 0 aliphatic heterocycles. The molecule has 0 saturated carbocycles. The molecular weight excluding hydrogens is 401 g/mol. The highest BCUT2D eigenvalue weighted by atomic mass is 79.9. The van der Waals surface area contributed by atoms with Crippen molar-refractivity contribution < 1.29 is 13.2 Å². The zero-order chi connectivity index (χ0) is 16.2. The quantitative estimate of drug-likeness (QED) is 0.558. The van der Waals surface area contributed by atoms with Gasteiger partial charge in [0, 0.05) is 21.7 Å². The fraction of sp³-hybridized carbons (Fsp3) is 0.462. The van der Waals surface area contributed by atoms with Crippen LogP contribution in [0.25, 0.3) is 0 Å². The van der Waals surface area contributed by atoms with Gasteiger partial charge in [0.2, 0.25) is 0 Å². The summed E-state index contributed by atoms with van der Waals surface area (Å²) in [6.45, 7) is 4.71. The average molecular weight is 417 g/mol. The fourth-order valence-corrected chi connectivity index (χ4v) is 3.27. The highest BCUT2D eigenvalue weighted by Gasteiger charge is 2.19. The van der Waals surface area contributed by atoms with Crippen LogP contribution in [0.5, 0.6) is 0 Å². The van der Waals surface area contributed by atoms with Crippen LogP contribution in [0.4, 0.5) is 0 Å². The van der Waals surface area contributed by atoms with E-state index in [0.29, 0.717) is 16.9 Å². The van der Waals surface area contributed by atoms with Crippen molar-refractivity contribution in [2.75, 3.05) is 6.54 Å². The number of hydrogen-bond donors (Lipinski definition) is 1. The minimum atomic E-state index is -3.93. The van der Waals surface area contributed by atoms with Gasteiger partial charge in [-0.15, -0.1) is 0 Å². The Kier molecular flexibility index (Phi) is 6.97. The van der Waals surface area contributed by atoms with E-state index >= 15 is 0 Å². The summed E-state index contributed by atoms with van der Waals surface area (Å²) < 4.78 is 23.1. The van der Waals surface area contributed by atoms with Crippen LogP contribution in [0.2, 0.25) is 5.02 Å². The van der Waals surface area contributed by atoms with Gasteiger partial charge < -0.3 is 5.32 Å². The van der Waals surface area contributed by atoms with Gasteiger partial charge in [0.1, 0.15) is 0 Å². The molecule has 4 nitrogen and oxygen atoms in total. The lowest BCUT2D eigenvalue weighted by atomic mass is 10.1. The van der Waals surface area contributed by atoms with Gasteiger partial charge in [0.05, 0.1) is 15.5 Å². The third-order valence-corrected chi connectivity index (χ3v) is 5.37. The van der Waals surface area contributed by atoms with Crippen molar-refractivity contribution in [1.82, 2.24) is 5.32 Å². The van der Waals surface area contributed by atoms with E-state index in [1.165, 1.54) is 12.1 Å². The van der Waals surface area contributed by atoms with Crippen LogP contribution < -0.4 is 5.32 Å². The first kappa shape index (κ1) is 18.7. The molecule has 118 valence electrons. The second kappa shape index (κ2) is 7.81. The smallest absolute Gasteiger partial charge is 0.261 e. The molecule has 0 fully saturated rings. The maximum absolute atomic E-state index is 12.1. The van der Waals surface area contributed by atoms with E-state index in [4.69, 9.17) is 22.3 Å². The zero-order valence-electron chi connectivity index (χ0n) is 11.6. The normalized spacial score (nSPS) is 11.7. The largest absolute Gasteiger partial charge is 0.352 e. The summed E-state index contributed by atoms with van der Waals surface area (Å²) in [4.78, 5) is 11.9. The molecule has 1 aromatic rings. The van der Waals surface area contributed by atoms with E-state index in [2.05, 4.69) is 35.1 Å². The van der Waals surface area contributed by atoms with Crippen LogP contribution in [0.15, 0.2) is 21.5 Å². The Morgan fingerprint density at radius 1 is 1.38 bits per heavy atom. The highest BCUT2D eigenvalue weighted by molar-refractivity contribution is 9.10. The maximum Gasteiger partial charge on any atom is 0.261 e. The predicted molar refractivity (Wildman–Crippen MR) is 88.6 cm³/mol. The maximum atomic E-state index is 12.1. The Labute approximate surface area is 142 Å². The molecule has 0 aromatic heterocycles. The van der Waals surface area contributed by atoms with Crippen molar-refractivity contribution in [1.29, 1.82) is 0 Å². The van der Waals surface area contributed by atoms with Crippen molar-refractivity contribution in [2.45, 2.75) is 31.6 Å². The van der Waals surface area contributed by atoms with Crippen molar-refractivity contribution in [2.24, 2.45) is 5.92 Å². The van der Waals surface area contributed by atoms with Crippen molar-refractivity contribution >= 4 is 53.2 Å². The minimum Gasteiger partial charge on any atom is -0.352 e. The Bertz CT molecular complexity index is 633. The first-order valence-electron chi connectivity index (χ1n) is 6.35. The van der Waals surface area contributed by atoms with Crippen molar-refractivity contribution in [3.8, 4) is 0 Å². The number of carbonyl (C=O) groups is 1. The van der Waals surface area contributed by atoms with Crippen LogP contribution in [-0.4, -0.2) is 20.9 Å². The molecule has 8 heteroatoms. The van der Waals surface area contributed by atoms with E-state index in [1.807, 2.05) is 0 Å². The molecule has 0 unspecified atom stereocenters.